The quantitative estimate of drug-likeness (QED) is 0.620. The Hall–Kier alpha value is -2.38. The Morgan fingerprint density at radius 2 is 1.68 bits per heavy atom. The highest BCUT2D eigenvalue weighted by Crippen LogP contribution is 2.24. The summed E-state index contributed by atoms with van der Waals surface area (Å²) in [6.07, 6.45) is 0. The number of rotatable bonds is 7. The van der Waals surface area contributed by atoms with E-state index in [2.05, 4.69) is 26.6 Å². The van der Waals surface area contributed by atoms with E-state index in [0.29, 0.717) is 35.8 Å². The van der Waals surface area contributed by atoms with Gasteiger partial charge >= 0.3 is 0 Å². The van der Waals surface area contributed by atoms with Gasteiger partial charge in [0.05, 0.1) is 12.2 Å². The molecule has 7 heteroatoms. The van der Waals surface area contributed by atoms with Crippen LogP contribution >= 0.6 is 15.9 Å². The lowest BCUT2D eigenvalue weighted by molar-refractivity contribution is 0.0919. The summed E-state index contributed by atoms with van der Waals surface area (Å²) in [5, 5.41) is 5.73. The summed E-state index contributed by atoms with van der Waals surface area (Å²) in [6.45, 7) is 6.53. The van der Waals surface area contributed by atoms with E-state index in [0.717, 1.165) is 4.47 Å². The standard InChI is InChI=1S/C21H25BrN2O4/c1-21(2,3)24-19(25)14-5-8-16(9-6-14)23-20(26)17-13-15(22)7-10-18(17)28-12-11-27-4/h5-10,13H,11-12H2,1-4H3,(H,23,26)(H,24,25). The Morgan fingerprint density at radius 3 is 2.29 bits per heavy atom. The van der Waals surface area contributed by atoms with Gasteiger partial charge in [-0.15, -0.1) is 0 Å². The fourth-order valence-electron chi connectivity index (χ4n) is 2.36. The van der Waals surface area contributed by atoms with E-state index >= 15 is 0 Å². The number of nitrogens with one attached hydrogen (secondary N) is 2. The summed E-state index contributed by atoms with van der Waals surface area (Å²) in [7, 11) is 1.59. The molecule has 0 bridgehead atoms. The van der Waals surface area contributed by atoms with Crippen molar-refractivity contribution in [3.8, 4) is 5.75 Å². The SMILES string of the molecule is COCCOc1ccc(Br)cc1C(=O)Nc1ccc(C(=O)NC(C)(C)C)cc1. The van der Waals surface area contributed by atoms with Crippen molar-refractivity contribution in [3.63, 3.8) is 0 Å². The van der Waals surface area contributed by atoms with Gasteiger partial charge in [0.25, 0.3) is 11.8 Å². The molecule has 0 saturated carbocycles. The second-order valence-electron chi connectivity index (χ2n) is 7.22. The molecular weight excluding hydrogens is 424 g/mol. The van der Waals surface area contributed by atoms with Crippen LogP contribution in [0.4, 0.5) is 5.69 Å². The molecule has 2 aromatic rings. The van der Waals surface area contributed by atoms with Crippen LogP contribution in [0.5, 0.6) is 5.75 Å². The van der Waals surface area contributed by atoms with Crippen LogP contribution in [0.15, 0.2) is 46.9 Å². The van der Waals surface area contributed by atoms with Crippen LogP contribution in [0.1, 0.15) is 41.5 Å². The molecule has 28 heavy (non-hydrogen) atoms. The molecular formula is C21H25BrN2O4. The van der Waals surface area contributed by atoms with E-state index in [1.807, 2.05) is 26.8 Å². The molecule has 0 heterocycles. The van der Waals surface area contributed by atoms with Crippen molar-refractivity contribution in [3.05, 3.63) is 58.1 Å². The average molecular weight is 449 g/mol. The van der Waals surface area contributed by atoms with Crippen LogP contribution < -0.4 is 15.4 Å². The third-order valence-electron chi connectivity index (χ3n) is 3.62. The van der Waals surface area contributed by atoms with Gasteiger partial charge in [0.1, 0.15) is 12.4 Å². The summed E-state index contributed by atoms with van der Waals surface area (Å²) in [4.78, 5) is 24.9. The predicted molar refractivity (Wildman–Crippen MR) is 113 cm³/mol. The van der Waals surface area contributed by atoms with Crippen LogP contribution in [-0.2, 0) is 4.74 Å². The Kier molecular flexibility index (Phi) is 7.60. The number of methoxy groups -OCH3 is 1. The van der Waals surface area contributed by atoms with Crippen molar-refractivity contribution >= 4 is 33.4 Å². The van der Waals surface area contributed by atoms with Gasteiger partial charge in [-0.3, -0.25) is 9.59 Å². The minimum absolute atomic E-state index is 0.161. The number of ether oxygens (including phenoxy) is 2. The maximum Gasteiger partial charge on any atom is 0.259 e. The molecule has 0 atom stereocenters. The zero-order valence-corrected chi connectivity index (χ0v) is 18.1. The van der Waals surface area contributed by atoms with E-state index in [9.17, 15) is 9.59 Å². The third-order valence-corrected chi connectivity index (χ3v) is 4.12. The summed E-state index contributed by atoms with van der Waals surface area (Å²) in [5.41, 5.74) is 1.20. The number of benzene rings is 2. The fraction of sp³-hybridized carbons (Fsp3) is 0.333. The number of anilines is 1. The van der Waals surface area contributed by atoms with Gasteiger partial charge in [-0.1, -0.05) is 15.9 Å². The molecule has 0 aliphatic rings. The molecule has 2 aromatic carbocycles. The number of hydrogen-bond donors (Lipinski definition) is 2. The van der Waals surface area contributed by atoms with Gasteiger partial charge in [0.15, 0.2) is 0 Å². The molecule has 0 aliphatic carbocycles. The van der Waals surface area contributed by atoms with Gasteiger partial charge in [-0.05, 0) is 63.2 Å². The fourth-order valence-corrected chi connectivity index (χ4v) is 2.72. The zero-order chi connectivity index (χ0) is 20.7. The highest BCUT2D eigenvalue weighted by Gasteiger charge is 2.16. The summed E-state index contributed by atoms with van der Waals surface area (Å²) >= 11 is 3.38. The minimum atomic E-state index is -0.316. The number of carbonyl (C=O) groups excluding carboxylic acids is 2. The van der Waals surface area contributed by atoms with Crippen LogP contribution in [0.3, 0.4) is 0 Å². The van der Waals surface area contributed by atoms with E-state index in [-0.39, 0.29) is 17.4 Å². The maximum absolute atomic E-state index is 12.7. The smallest absolute Gasteiger partial charge is 0.259 e. The summed E-state index contributed by atoms with van der Waals surface area (Å²) in [6, 6.07) is 12.0. The van der Waals surface area contributed by atoms with E-state index < -0.39 is 0 Å². The molecule has 0 fully saturated rings. The van der Waals surface area contributed by atoms with E-state index in [4.69, 9.17) is 9.47 Å². The van der Waals surface area contributed by atoms with Crippen molar-refractivity contribution in [1.29, 1.82) is 0 Å². The molecule has 150 valence electrons. The Bertz CT molecular complexity index is 829. The normalized spacial score (nSPS) is 11.0. The minimum Gasteiger partial charge on any atom is -0.490 e. The van der Waals surface area contributed by atoms with Gasteiger partial charge < -0.3 is 20.1 Å². The summed E-state index contributed by atoms with van der Waals surface area (Å²) in [5.74, 6) is 0.00531. The van der Waals surface area contributed by atoms with E-state index in [1.165, 1.54) is 0 Å². The molecule has 2 amide bonds. The second kappa shape index (κ2) is 9.71. The van der Waals surface area contributed by atoms with Gasteiger partial charge in [-0.2, -0.15) is 0 Å². The van der Waals surface area contributed by atoms with Crippen molar-refractivity contribution in [2.45, 2.75) is 26.3 Å². The third kappa shape index (κ3) is 6.65. The largest absolute Gasteiger partial charge is 0.490 e. The van der Waals surface area contributed by atoms with Crippen molar-refractivity contribution < 1.29 is 19.1 Å². The first kappa shape index (κ1) is 21.9. The van der Waals surface area contributed by atoms with E-state index in [1.54, 1.807) is 43.5 Å². The molecule has 0 aliphatic heterocycles. The van der Waals surface area contributed by atoms with Crippen LogP contribution in [-0.4, -0.2) is 37.7 Å². The molecule has 0 saturated heterocycles. The van der Waals surface area contributed by atoms with Crippen LogP contribution in [0.25, 0.3) is 0 Å². The highest BCUT2D eigenvalue weighted by molar-refractivity contribution is 9.10. The molecule has 0 aromatic heterocycles. The second-order valence-corrected chi connectivity index (χ2v) is 8.13. The Labute approximate surface area is 173 Å². The number of amides is 2. The first-order valence-electron chi connectivity index (χ1n) is 8.85. The molecule has 6 nitrogen and oxygen atoms in total. The Morgan fingerprint density at radius 1 is 1.00 bits per heavy atom. The first-order valence-corrected chi connectivity index (χ1v) is 9.64. The van der Waals surface area contributed by atoms with Crippen molar-refractivity contribution in [2.24, 2.45) is 0 Å². The monoisotopic (exact) mass is 448 g/mol. The zero-order valence-electron chi connectivity index (χ0n) is 16.5. The van der Waals surface area contributed by atoms with Gasteiger partial charge in [0.2, 0.25) is 0 Å². The van der Waals surface area contributed by atoms with Crippen molar-refractivity contribution in [2.75, 3.05) is 25.6 Å². The number of carbonyl (C=O) groups is 2. The maximum atomic E-state index is 12.7. The number of halogens is 1. The lowest BCUT2D eigenvalue weighted by atomic mass is 10.1. The lowest BCUT2D eigenvalue weighted by Gasteiger charge is -2.20. The van der Waals surface area contributed by atoms with Gasteiger partial charge in [-0.25, -0.2) is 0 Å². The Balaban J connectivity index is 2.10. The molecule has 0 radical (unpaired) electrons. The lowest BCUT2D eigenvalue weighted by Crippen LogP contribution is -2.40. The predicted octanol–water partition coefficient (Wildman–Crippen LogP) is 4.25. The van der Waals surface area contributed by atoms with Crippen molar-refractivity contribution in [1.82, 2.24) is 5.32 Å². The number of hydrogen-bond acceptors (Lipinski definition) is 4. The first-order chi connectivity index (χ1) is 13.2. The van der Waals surface area contributed by atoms with Crippen LogP contribution in [0, 0.1) is 0 Å². The molecule has 2 N–H and O–H groups in total. The highest BCUT2D eigenvalue weighted by atomic mass is 79.9. The molecule has 0 spiro atoms. The topological polar surface area (TPSA) is 76.7 Å². The average Bonchev–Trinajstić information content (AvgIpc) is 2.62. The van der Waals surface area contributed by atoms with Crippen LogP contribution in [0.2, 0.25) is 0 Å². The molecule has 0 unspecified atom stereocenters. The summed E-state index contributed by atoms with van der Waals surface area (Å²) < 4.78 is 11.4. The van der Waals surface area contributed by atoms with Gasteiger partial charge in [0, 0.05) is 28.4 Å². The molecule has 2 rings (SSSR count).